The highest BCUT2D eigenvalue weighted by Crippen LogP contribution is 2.23. The largest absolute Gasteiger partial charge is 0.385 e. The van der Waals surface area contributed by atoms with Crippen LogP contribution in [0.15, 0.2) is 10.7 Å². The zero-order chi connectivity index (χ0) is 13.1. The van der Waals surface area contributed by atoms with Crippen molar-refractivity contribution < 1.29 is 5.11 Å². The summed E-state index contributed by atoms with van der Waals surface area (Å²) >= 11 is 3.44. The van der Waals surface area contributed by atoms with Crippen LogP contribution in [0, 0.1) is 0 Å². The van der Waals surface area contributed by atoms with Gasteiger partial charge in [0.15, 0.2) is 0 Å². The van der Waals surface area contributed by atoms with E-state index in [2.05, 4.69) is 54.0 Å². The Kier molecular flexibility index (Phi) is 5.16. The van der Waals surface area contributed by atoms with Gasteiger partial charge < -0.3 is 10.4 Å². The molecule has 4 nitrogen and oxygen atoms in total. The maximum Gasteiger partial charge on any atom is 0.109 e. The smallest absolute Gasteiger partial charge is 0.109 e. The normalized spacial score (nSPS) is 14.0. The summed E-state index contributed by atoms with van der Waals surface area (Å²) in [5.74, 6) is 0. The lowest BCUT2D eigenvalue weighted by Gasteiger charge is -2.23. The topological polar surface area (TPSA) is 50.1 Å². The third-order valence-electron chi connectivity index (χ3n) is 2.41. The molecule has 5 heteroatoms. The van der Waals surface area contributed by atoms with Crippen LogP contribution in [0.5, 0.6) is 0 Å². The maximum absolute atomic E-state index is 10.2. The molecule has 0 amide bonds. The molecule has 0 aliphatic rings. The molecule has 1 unspecified atom stereocenters. The standard InChI is InChI=1S/C12H22BrN3O/c1-5-6-16-11(9(13)7-15-16)10(17)8-14-12(2,3)4/h7,10,14,17H,5-6,8H2,1-4H3. The molecule has 1 aromatic heterocycles. The minimum absolute atomic E-state index is 0.00304. The number of hydrogen-bond acceptors (Lipinski definition) is 3. The Hall–Kier alpha value is -0.390. The van der Waals surface area contributed by atoms with Crippen molar-refractivity contribution in [1.29, 1.82) is 0 Å². The van der Waals surface area contributed by atoms with Crippen LogP contribution in [-0.4, -0.2) is 27.0 Å². The lowest BCUT2D eigenvalue weighted by molar-refractivity contribution is 0.152. The minimum atomic E-state index is -0.544. The Labute approximate surface area is 112 Å². The van der Waals surface area contributed by atoms with Crippen LogP contribution in [0.1, 0.15) is 45.9 Å². The van der Waals surface area contributed by atoms with Crippen molar-refractivity contribution in [2.45, 2.75) is 52.3 Å². The number of aromatic nitrogens is 2. The summed E-state index contributed by atoms with van der Waals surface area (Å²) in [7, 11) is 0. The molecule has 0 saturated heterocycles. The first kappa shape index (κ1) is 14.7. The van der Waals surface area contributed by atoms with Gasteiger partial charge >= 0.3 is 0 Å². The van der Waals surface area contributed by atoms with Crippen molar-refractivity contribution in [3.05, 3.63) is 16.4 Å². The van der Waals surface area contributed by atoms with Crippen LogP contribution in [0.25, 0.3) is 0 Å². The fraction of sp³-hybridized carbons (Fsp3) is 0.750. The first-order valence-electron chi connectivity index (χ1n) is 5.99. The lowest BCUT2D eigenvalue weighted by Crippen LogP contribution is -2.39. The van der Waals surface area contributed by atoms with Crippen molar-refractivity contribution >= 4 is 15.9 Å². The molecular formula is C12H22BrN3O. The quantitative estimate of drug-likeness (QED) is 0.878. The zero-order valence-electron chi connectivity index (χ0n) is 11.0. The van der Waals surface area contributed by atoms with Crippen molar-refractivity contribution in [2.24, 2.45) is 0 Å². The molecule has 17 heavy (non-hydrogen) atoms. The van der Waals surface area contributed by atoms with Gasteiger partial charge in [0.05, 0.1) is 16.4 Å². The molecular weight excluding hydrogens is 282 g/mol. The van der Waals surface area contributed by atoms with Gasteiger partial charge in [0.1, 0.15) is 6.10 Å². The SMILES string of the molecule is CCCn1ncc(Br)c1C(O)CNC(C)(C)C. The highest BCUT2D eigenvalue weighted by molar-refractivity contribution is 9.10. The summed E-state index contributed by atoms with van der Waals surface area (Å²) < 4.78 is 2.73. The van der Waals surface area contributed by atoms with E-state index in [0.29, 0.717) is 6.54 Å². The molecule has 0 aliphatic heterocycles. The van der Waals surface area contributed by atoms with Crippen LogP contribution in [0.2, 0.25) is 0 Å². The summed E-state index contributed by atoms with van der Waals surface area (Å²) in [4.78, 5) is 0. The van der Waals surface area contributed by atoms with Gasteiger partial charge in [-0.05, 0) is 43.1 Å². The molecule has 0 aromatic carbocycles. The third kappa shape index (κ3) is 4.41. The van der Waals surface area contributed by atoms with Crippen LogP contribution in [-0.2, 0) is 6.54 Å². The number of aliphatic hydroxyl groups excluding tert-OH is 1. The van der Waals surface area contributed by atoms with Crippen LogP contribution < -0.4 is 5.32 Å². The average molecular weight is 304 g/mol. The summed E-state index contributed by atoms with van der Waals surface area (Å²) in [6.45, 7) is 9.69. The van der Waals surface area contributed by atoms with Crippen molar-refractivity contribution in [3.63, 3.8) is 0 Å². The number of nitrogens with zero attached hydrogens (tertiary/aromatic N) is 2. The van der Waals surface area contributed by atoms with Crippen LogP contribution >= 0.6 is 15.9 Å². The lowest BCUT2D eigenvalue weighted by atomic mass is 10.1. The van der Waals surface area contributed by atoms with E-state index < -0.39 is 6.10 Å². The molecule has 0 bridgehead atoms. The van der Waals surface area contributed by atoms with E-state index in [1.165, 1.54) is 0 Å². The van der Waals surface area contributed by atoms with E-state index in [-0.39, 0.29) is 5.54 Å². The van der Waals surface area contributed by atoms with Crippen molar-refractivity contribution in [3.8, 4) is 0 Å². The molecule has 0 aliphatic carbocycles. The number of nitrogens with one attached hydrogen (secondary N) is 1. The third-order valence-corrected chi connectivity index (χ3v) is 3.02. The Morgan fingerprint density at radius 1 is 1.53 bits per heavy atom. The Morgan fingerprint density at radius 3 is 2.71 bits per heavy atom. The zero-order valence-corrected chi connectivity index (χ0v) is 12.6. The molecule has 0 saturated carbocycles. The minimum Gasteiger partial charge on any atom is -0.385 e. The Balaban J connectivity index is 2.73. The maximum atomic E-state index is 10.2. The van der Waals surface area contributed by atoms with Crippen molar-refractivity contribution in [1.82, 2.24) is 15.1 Å². The van der Waals surface area contributed by atoms with Gasteiger partial charge in [-0.15, -0.1) is 0 Å². The van der Waals surface area contributed by atoms with Crippen LogP contribution in [0.3, 0.4) is 0 Å². The summed E-state index contributed by atoms with van der Waals surface area (Å²) in [5, 5.41) is 17.8. The molecule has 0 fully saturated rings. The highest BCUT2D eigenvalue weighted by atomic mass is 79.9. The number of β-amino-alcohol motifs (C(OH)–C–C–N with tert-alkyl or cyclic N) is 1. The number of halogens is 1. The number of aliphatic hydroxyl groups is 1. The summed E-state index contributed by atoms with van der Waals surface area (Å²) in [5.41, 5.74) is 0.854. The van der Waals surface area contributed by atoms with E-state index in [9.17, 15) is 5.11 Å². The van der Waals surface area contributed by atoms with E-state index in [4.69, 9.17) is 0 Å². The first-order chi connectivity index (χ1) is 7.85. The average Bonchev–Trinajstić information content (AvgIpc) is 2.56. The van der Waals surface area contributed by atoms with E-state index in [1.54, 1.807) is 6.20 Å². The number of hydrogen-bond donors (Lipinski definition) is 2. The number of rotatable bonds is 5. The second kappa shape index (κ2) is 5.98. The van der Waals surface area contributed by atoms with Gasteiger partial charge in [0, 0.05) is 18.6 Å². The number of aryl methyl sites for hydroxylation is 1. The monoisotopic (exact) mass is 303 g/mol. The summed E-state index contributed by atoms with van der Waals surface area (Å²) in [6.07, 6.45) is 2.20. The van der Waals surface area contributed by atoms with Gasteiger partial charge in [-0.3, -0.25) is 4.68 Å². The first-order valence-corrected chi connectivity index (χ1v) is 6.78. The van der Waals surface area contributed by atoms with Gasteiger partial charge in [-0.2, -0.15) is 5.10 Å². The highest BCUT2D eigenvalue weighted by Gasteiger charge is 2.19. The van der Waals surface area contributed by atoms with Crippen LogP contribution in [0.4, 0.5) is 0 Å². The second-order valence-corrected chi connectivity index (χ2v) is 6.10. The fourth-order valence-electron chi connectivity index (χ4n) is 1.59. The second-order valence-electron chi connectivity index (χ2n) is 5.25. The van der Waals surface area contributed by atoms with Gasteiger partial charge in [-0.25, -0.2) is 0 Å². The van der Waals surface area contributed by atoms with Crippen molar-refractivity contribution in [2.75, 3.05) is 6.54 Å². The van der Waals surface area contributed by atoms with E-state index in [0.717, 1.165) is 23.1 Å². The van der Waals surface area contributed by atoms with Gasteiger partial charge in [-0.1, -0.05) is 6.92 Å². The Bertz CT molecular complexity index is 357. The Morgan fingerprint density at radius 2 is 2.18 bits per heavy atom. The van der Waals surface area contributed by atoms with E-state index >= 15 is 0 Å². The van der Waals surface area contributed by atoms with Gasteiger partial charge in [0.2, 0.25) is 0 Å². The molecule has 1 rings (SSSR count). The van der Waals surface area contributed by atoms with Gasteiger partial charge in [0.25, 0.3) is 0 Å². The molecule has 1 atom stereocenters. The molecule has 0 radical (unpaired) electrons. The molecule has 1 aromatic rings. The molecule has 0 spiro atoms. The summed E-state index contributed by atoms with van der Waals surface area (Å²) in [6, 6.07) is 0. The van der Waals surface area contributed by atoms with E-state index in [1.807, 2.05) is 4.68 Å². The fourth-order valence-corrected chi connectivity index (χ4v) is 2.15. The predicted octanol–water partition coefficient (Wildman–Crippen LogP) is 2.48. The molecule has 2 N–H and O–H groups in total. The predicted molar refractivity (Wildman–Crippen MR) is 72.9 cm³/mol. The molecule has 98 valence electrons. The molecule has 1 heterocycles.